The predicted molar refractivity (Wildman–Crippen MR) is 47.8 cm³/mol. The van der Waals surface area contributed by atoms with Gasteiger partial charge in [0.15, 0.2) is 0 Å². The molecule has 1 N–H and O–H groups in total. The molecule has 0 aliphatic rings. The molecule has 3 nitrogen and oxygen atoms in total. The first-order valence-electron chi connectivity index (χ1n) is 4.12. The maximum atomic E-state index is 13.3. The molecule has 1 heterocycles. The number of benzene rings is 1. The van der Waals surface area contributed by atoms with Crippen LogP contribution in [0.25, 0.3) is 11.0 Å². The summed E-state index contributed by atoms with van der Waals surface area (Å²) in [6.45, 7) is 1.41. The van der Waals surface area contributed by atoms with Gasteiger partial charge in [0.05, 0.1) is 5.39 Å². The molecule has 1 aromatic carbocycles. The zero-order valence-electron chi connectivity index (χ0n) is 7.67. The van der Waals surface area contributed by atoms with Gasteiger partial charge >= 0.3 is 5.97 Å². The predicted octanol–water partition coefficient (Wildman–Crippen LogP) is 2.72. The molecule has 5 heteroatoms. The summed E-state index contributed by atoms with van der Waals surface area (Å²) in [5, 5.41) is 8.73. The van der Waals surface area contributed by atoms with E-state index in [0.717, 1.165) is 6.07 Å². The Bertz CT molecular complexity index is 557. The van der Waals surface area contributed by atoms with E-state index >= 15 is 0 Å². The number of rotatable bonds is 1. The van der Waals surface area contributed by atoms with E-state index < -0.39 is 17.6 Å². The molecule has 0 aliphatic heterocycles. The van der Waals surface area contributed by atoms with Gasteiger partial charge in [-0.2, -0.15) is 0 Å². The molecule has 0 bridgehead atoms. The van der Waals surface area contributed by atoms with Crippen molar-refractivity contribution in [3.05, 3.63) is 35.1 Å². The van der Waals surface area contributed by atoms with Gasteiger partial charge < -0.3 is 9.52 Å². The molecule has 78 valence electrons. The van der Waals surface area contributed by atoms with Crippen molar-refractivity contribution in [2.24, 2.45) is 0 Å². The number of aromatic carboxylic acids is 1. The molecule has 0 saturated carbocycles. The van der Waals surface area contributed by atoms with Crippen molar-refractivity contribution in [1.29, 1.82) is 0 Å². The van der Waals surface area contributed by atoms with Crippen LogP contribution in [-0.2, 0) is 0 Å². The Morgan fingerprint density at radius 2 is 2.07 bits per heavy atom. The smallest absolute Gasteiger partial charge is 0.372 e. The standard InChI is InChI=1S/C10H6F2O3/c1-4-8-6(12)2-5(11)3-7(8)15-9(4)10(13)14/h2-3H,1H3,(H,13,14). The third-order valence-corrected chi connectivity index (χ3v) is 2.14. The lowest BCUT2D eigenvalue weighted by molar-refractivity contribution is 0.0664. The van der Waals surface area contributed by atoms with E-state index in [2.05, 4.69) is 0 Å². The molecular weight excluding hydrogens is 206 g/mol. The summed E-state index contributed by atoms with van der Waals surface area (Å²) in [5.74, 6) is -3.29. The van der Waals surface area contributed by atoms with Gasteiger partial charge in [-0.15, -0.1) is 0 Å². The number of halogens is 2. The highest BCUT2D eigenvalue weighted by Gasteiger charge is 2.19. The van der Waals surface area contributed by atoms with E-state index in [1.807, 2.05) is 0 Å². The van der Waals surface area contributed by atoms with Gasteiger partial charge in [0.1, 0.15) is 17.2 Å². The van der Waals surface area contributed by atoms with Gasteiger partial charge in [0.2, 0.25) is 5.76 Å². The van der Waals surface area contributed by atoms with Gasteiger partial charge in [-0.3, -0.25) is 0 Å². The van der Waals surface area contributed by atoms with Crippen molar-refractivity contribution in [2.45, 2.75) is 6.92 Å². The second-order valence-corrected chi connectivity index (χ2v) is 3.12. The Hall–Kier alpha value is -1.91. The molecule has 0 saturated heterocycles. The fourth-order valence-corrected chi connectivity index (χ4v) is 1.50. The van der Waals surface area contributed by atoms with Crippen LogP contribution in [0.2, 0.25) is 0 Å². The van der Waals surface area contributed by atoms with Gasteiger partial charge in [-0.05, 0) is 6.92 Å². The first-order valence-corrected chi connectivity index (χ1v) is 4.12. The molecule has 0 radical (unpaired) electrons. The van der Waals surface area contributed by atoms with Crippen molar-refractivity contribution in [1.82, 2.24) is 0 Å². The third-order valence-electron chi connectivity index (χ3n) is 2.14. The number of fused-ring (bicyclic) bond motifs is 1. The molecule has 0 atom stereocenters. The Balaban J connectivity index is 2.88. The lowest BCUT2D eigenvalue weighted by atomic mass is 10.1. The first-order chi connectivity index (χ1) is 7.00. The van der Waals surface area contributed by atoms with E-state index in [1.54, 1.807) is 0 Å². The molecule has 0 fully saturated rings. The van der Waals surface area contributed by atoms with Crippen LogP contribution in [0, 0.1) is 18.6 Å². The van der Waals surface area contributed by atoms with Crippen LogP contribution in [0.1, 0.15) is 16.1 Å². The summed E-state index contributed by atoms with van der Waals surface area (Å²) in [4.78, 5) is 10.7. The van der Waals surface area contributed by atoms with Gasteiger partial charge in [-0.1, -0.05) is 0 Å². The van der Waals surface area contributed by atoms with Crippen molar-refractivity contribution < 1.29 is 23.1 Å². The van der Waals surface area contributed by atoms with Crippen molar-refractivity contribution >= 4 is 16.9 Å². The van der Waals surface area contributed by atoms with Crippen LogP contribution in [0.5, 0.6) is 0 Å². The summed E-state index contributed by atoms with van der Waals surface area (Å²) in [6, 6.07) is 1.65. The molecule has 2 aromatic rings. The minimum absolute atomic E-state index is 0.00815. The second-order valence-electron chi connectivity index (χ2n) is 3.12. The van der Waals surface area contributed by atoms with Crippen molar-refractivity contribution in [3.8, 4) is 0 Å². The van der Waals surface area contributed by atoms with Gasteiger partial charge in [0, 0.05) is 17.7 Å². The zero-order valence-corrected chi connectivity index (χ0v) is 7.67. The minimum atomic E-state index is -1.30. The number of furan rings is 1. The van der Waals surface area contributed by atoms with Crippen LogP contribution >= 0.6 is 0 Å². The average molecular weight is 212 g/mol. The largest absolute Gasteiger partial charge is 0.475 e. The normalized spacial score (nSPS) is 10.9. The van der Waals surface area contributed by atoms with E-state index in [4.69, 9.17) is 9.52 Å². The van der Waals surface area contributed by atoms with Crippen LogP contribution in [0.3, 0.4) is 0 Å². The van der Waals surface area contributed by atoms with Crippen molar-refractivity contribution in [3.63, 3.8) is 0 Å². The lowest BCUT2D eigenvalue weighted by Gasteiger charge is -1.92. The summed E-state index contributed by atoms with van der Waals surface area (Å²) < 4.78 is 30.9. The van der Waals surface area contributed by atoms with Crippen molar-refractivity contribution in [2.75, 3.05) is 0 Å². The highest BCUT2D eigenvalue weighted by Crippen LogP contribution is 2.28. The topological polar surface area (TPSA) is 50.4 Å². The molecule has 0 amide bonds. The van der Waals surface area contributed by atoms with E-state index in [9.17, 15) is 13.6 Å². The van der Waals surface area contributed by atoms with Crippen LogP contribution in [0.4, 0.5) is 8.78 Å². The Morgan fingerprint density at radius 1 is 1.40 bits per heavy atom. The number of carbonyl (C=O) groups is 1. The Kier molecular flexibility index (Phi) is 1.96. The van der Waals surface area contributed by atoms with E-state index in [1.165, 1.54) is 6.92 Å². The fourth-order valence-electron chi connectivity index (χ4n) is 1.50. The molecule has 15 heavy (non-hydrogen) atoms. The summed E-state index contributed by atoms with van der Waals surface area (Å²) in [6.07, 6.45) is 0. The number of carboxylic acids is 1. The molecule has 0 aliphatic carbocycles. The number of aryl methyl sites for hydroxylation is 1. The maximum Gasteiger partial charge on any atom is 0.372 e. The maximum absolute atomic E-state index is 13.3. The van der Waals surface area contributed by atoms with Gasteiger partial charge in [0.25, 0.3) is 0 Å². The number of hydrogen-bond donors (Lipinski definition) is 1. The summed E-state index contributed by atoms with van der Waals surface area (Å²) in [5.41, 5.74) is 0.0670. The Morgan fingerprint density at radius 3 is 2.67 bits per heavy atom. The highest BCUT2D eigenvalue weighted by atomic mass is 19.1. The van der Waals surface area contributed by atoms with Crippen LogP contribution in [0.15, 0.2) is 16.5 Å². The molecule has 2 rings (SSSR count). The quantitative estimate of drug-likeness (QED) is 0.790. The summed E-state index contributed by atoms with van der Waals surface area (Å²) in [7, 11) is 0. The number of hydrogen-bond acceptors (Lipinski definition) is 2. The second kappa shape index (κ2) is 3.05. The number of carboxylic acid groups (broad SMARTS) is 1. The third kappa shape index (κ3) is 1.36. The minimum Gasteiger partial charge on any atom is -0.475 e. The van der Waals surface area contributed by atoms with E-state index in [-0.39, 0.29) is 22.3 Å². The molecule has 0 unspecified atom stereocenters. The molecule has 0 spiro atoms. The summed E-state index contributed by atoms with van der Waals surface area (Å²) >= 11 is 0. The van der Waals surface area contributed by atoms with Gasteiger partial charge in [-0.25, -0.2) is 13.6 Å². The van der Waals surface area contributed by atoms with Crippen LogP contribution < -0.4 is 0 Å². The van der Waals surface area contributed by atoms with E-state index in [0.29, 0.717) is 6.07 Å². The average Bonchev–Trinajstić information content (AvgIpc) is 2.42. The molecule has 1 aromatic heterocycles. The SMILES string of the molecule is Cc1c(C(=O)O)oc2cc(F)cc(F)c12. The van der Waals surface area contributed by atoms with Crippen LogP contribution in [-0.4, -0.2) is 11.1 Å². The lowest BCUT2D eigenvalue weighted by Crippen LogP contribution is -1.95. The Labute approximate surface area is 82.9 Å². The fraction of sp³-hybridized carbons (Fsp3) is 0.100. The monoisotopic (exact) mass is 212 g/mol. The highest BCUT2D eigenvalue weighted by molar-refractivity contribution is 5.95. The zero-order chi connectivity index (χ0) is 11.2. The molecular formula is C10H6F2O3. The first kappa shape index (κ1) is 9.64.